The van der Waals surface area contributed by atoms with Gasteiger partial charge in [-0.3, -0.25) is 4.79 Å². The van der Waals surface area contributed by atoms with E-state index in [4.69, 9.17) is 5.11 Å². The molecule has 0 saturated carbocycles. The number of quaternary nitrogens is 1. The van der Waals surface area contributed by atoms with E-state index in [0.29, 0.717) is 30.4 Å². The van der Waals surface area contributed by atoms with Crippen LogP contribution < -0.4 is 5.11 Å². The van der Waals surface area contributed by atoms with Gasteiger partial charge in [-0.2, -0.15) is 0 Å². The number of carboxylic acid groups (broad SMARTS) is 2. The Balaban J connectivity index is 4.46. The van der Waals surface area contributed by atoms with Crippen molar-refractivity contribution in [3.05, 3.63) is 12.2 Å². The Morgan fingerprint density at radius 1 is 1.00 bits per heavy atom. The lowest BCUT2D eigenvalue weighted by atomic mass is 10.1. The molecular formula is C17H31NO5. The van der Waals surface area contributed by atoms with Crippen LogP contribution in [-0.4, -0.2) is 53.0 Å². The molecule has 0 spiro atoms. The number of rotatable bonds is 15. The molecule has 0 rings (SSSR count). The number of allylic oxidation sites excluding steroid dienone is 2. The zero-order chi connectivity index (χ0) is 17.6. The normalized spacial score (nSPS) is 14.0. The molecule has 0 aliphatic heterocycles. The number of aliphatic carboxylic acids is 2. The van der Waals surface area contributed by atoms with Crippen LogP contribution in [0.5, 0.6) is 0 Å². The number of aliphatic hydroxyl groups is 1. The van der Waals surface area contributed by atoms with E-state index in [1.165, 1.54) is 0 Å². The van der Waals surface area contributed by atoms with Gasteiger partial charge in [0.1, 0.15) is 0 Å². The zero-order valence-corrected chi connectivity index (χ0v) is 14.2. The smallest absolute Gasteiger partial charge is 0.303 e. The van der Waals surface area contributed by atoms with E-state index in [9.17, 15) is 19.8 Å². The lowest BCUT2D eigenvalue weighted by Crippen LogP contribution is -2.51. The molecule has 0 radical (unpaired) electrons. The first-order valence-corrected chi connectivity index (χ1v) is 8.48. The number of hydrogen-bond donors (Lipinski definition) is 2. The average molecular weight is 329 g/mol. The molecule has 0 heterocycles. The fraction of sp³-hybridized carbons (Fsp3) is 0.765. The minimum absolute atomic E-state index is 0.0324. The first-order valence-electron chi connectivity index (χ1n) is 8.48. The summed E-state index contributed by atoms with van der Waals surface area (Å²) >= 11 is 0. The van der Waals surface area contributed by atoms with Gasteiger partial charge >= 0.3 is 5.97 Å². The van der Waals surface area contributed by atoms with Crippen LogP contribution in [0.25, 0.3) is 0 Å². The molecule has 0 saturated heterocycles. The first kappa shape index (κ1) is 21.6. The molecule has 134 valence electrons. The number of carboxylic acids is 2. The molecule has 0 aromatic carbocycles. The molecule has 23 heavy (non-hydrogen) atoms. The predicted octanol–water partition coefficient (Wildman–Crippen LogP) is 1.28. The standard InChI is InChI=1S/C17H31NO5/c1-2-3-4-5-6-7-12-18(15-19,13-8-10-16(20)21)14-9-11-17(22)23/h4-5,19H,2-3,6-15H2,1H3,(H-,20,21,22,23)/b5-4+. The first-order chi connectivity index (χ1) is 11.0. The monoisotopic (exact) mass is 329 g/mol. The molecule has 1 atom stereocenters. The summed E-state index contributed by atoms with van der Waals surface area (Å²) in [7, 11) is 0. The Labute approximate surface area is 139 Å². The quantitative estimate of drug-likeness (QED) is 0.204. The zero-order valence-electron chi connectivity index (χ0n) is 14.2. The fourth-order valence-electron chi connectivity index (χ4n) is 2.62. The highest BCUT2D eigenvalue weighted by Crippen LogP contribution is 2.14. The summed E-state index contributed by atoms with van der Waals surface area (Å²) in [4.78, 5) is 21.2. The van der Waals surface area contributed by atoms with E-state index in [1.54, 1.807) is 0 Å². The molecule has 0 aliphatic carbocycles. The number of hydrogen-bond acceptors (Lipinski definition) is 4. The number of unbranched alkanes of at least 4 members (excludes halogenated alkanes) is 2. The lowest BCUT2D eigenvalue weighted by Gasteiger charge is -2.37. The van der Waals surface area contributed by atoms with Gasteiger partial charge in [-0.15, -0.1) is 0 Å². The molecule has 0 aromatic rings. The fourth-order valence-corrected chi connectivity index (χ4v) is 2.62. The molecule has 1 unspecified atom stereocenters. The van der Waals surface area contributed by atoms with Gasteiger partial charge in [0.15, 0.2) is 6.73 Å². The SMILES string of the molecule is CCC/C=C/CCC[N+](CO)(CCCC(=O)[O-])CCCC(=O)O. The molecule has 0 bridgehead atoms. The molecule has 6 nitrogen and oxygen atoms in total. The van der Waals surface area contributed by atoms with Gasteiger partial charge in [0.2, 0.25) is 0 Å². The second kappa shape index (κ2) is 13.1. The van der Waals surface area contributed by atoms with Crippen LogP contribution in [0.2, 0.25) is 0 Å². The predicted molar refractivity (Wildman–Crippen MR) is 86.3 cm³/mol. The Bertz CT molecular complexity index is 348. The Morgan fingerprint density at radius 2 is 1.57 bits per heavy atom. The van der Waals surface area contributed by atoms with Gasteiger partial charge < -0.3 is 24.6 Å². The van der Waals surface area contributed by atoms with Crippen molar-refractivity contribution >= 4 is 11.9 Å². The summed E-state index contributed by atoms with van der Waals surface area (Å²) in [5.74, 6) is -1.94. The van der Waals surface area contributed by atoms with Crippen molar-refractivity contribution in [3.63, 3.8) is 0 Å². The van der Waals surface area contributed by atoms with Crippen LogP contribution in [0.3, 0.4) is 0 Å². The summed E-state index contributed by atoms with van der Waals surface area (Å²) in [6.07, 6.45) is 9.21. The number of nitrogens with zero attached hydrogens (tertiary/aromatic N) is 1. The second-order valence-corrected chi connectivity index (χ2v) is 6.03. The Hall–Kier alpha value is -1.40. The van der Waals surface area contributed by atoms with Crippen molar-refractivity contribution in [1.29, 1.82) is 0 Å². The number of aliphatic hydroxyl groups excluding tert-OH is 1. The van der Waals surface area contributed by atoms with Crippen LogP contribution in [0.1, 0.15) is 58.3 Å². The van der Waals surface area contributed by atoms with Gasteiger partial charge in [0.05, 0.1) is 26.1 Å². The molecule has 0 aromatic heterocycles. The highest BCUT2D eigenvalue weighted by atomic mass is 16.4. The van der Waals surface area contributed by atoms with Crippen molar-refractivity contribution in [2.75, 3.05) is 26.4 Å². The third-order valence-electron chi connectivity index (χ3n) is 3.96. The van der Waals surface area contributed by atoms with Gasteiger partial charge in [-0.1, -0.05) is 25.5 Å². The summed E-state index contributed by atoms with van der Waals surface area (Å²) in [5, 5.41) is 29.1. The number of carbonyl (C=O) groups is 2. The summed E-state index contributed by atoms with van der Waals surface area (Å²) in [6, 6.07) is 0. The van der Waals surface area contributed by atoms with Gasteiger partial charge in [-0.25, -0.2) is 0 Å². The van der Waals surface area contributed by atoms with E-state index in [1.807, 2.05) is 0 Å². The van der Waals surface area contributed by atoms with E-state index in [0.717, 1.165) is 32.2 Å². The molecule has 0 fully saturated rings. The Kier molecular flexibility index (Phi) is 12.3. The van der Waals surface area contributed by atoms with Crippen molar-refractivity contribution in [2.24, 2.45) is 0 Å². The van der Waals surface area contributed by atoms with Crippen molar-refractivity contribution in [3.8, 4) is 0 Å². The number of carbonyl (C=O) groups excluding carboxylic acids is 1. The van der Waals surface area contributed by atoms with Gasteiger partial charge in [0.25, 0.3) is 0 Å². The van der Waals surface area contributed by atoms with E-state index < -0.39 is 11.9 Å². The molecule has 6 heteroatoms. The third kappa shape index (κ3) is 11.8. The summed E-state index contributed by atoms with van der Waals surface area (Å²) in [5.41, 5.74) is 0. The molecule has 0 aliphatic rings. The van der Waals surface area contributed by atoms with Gasteiger partial charge in [-0.05, 0) is 19.3 Å². The van der Waals surface area contributed by atoms with E-state index in [2.05, 4.69) is 19.1 Å². The van der Waals surface area contributed by atoms with Gasteiger partial charge in [0, 0.05) is 25.2 Å². The minimum Gasteiger partial charge on any atom is -0.550 e. The largest absolute Gasteiger partial charge is 0.550 e. The lowest BCUT2D eigenvalue weighted by molar-refractivity contribution is -0.945. The molecule has 2 N–H and O–H groups in total. The van der Waals surface area contributed by atoms with Crippen LogP contribution in [0, 0.1) is 0 Å². The summed E-state index contributed by atoms with van der Waals surface area (Å²) in [6.45, 7) is 3.83. The van der Waals surface area contributed by atoms with Crippen LogP contribution in [-0.2, 0) is 9.59 Å². The highest BCUT2D eigenvalue weighted by molar-refractivity contribution is 5.66. The van der Waals surface area contributed by atoms with E-state index >= 15 is 0 Å². The van der Waals surface area contributed by atoms with Crippen molar-refractivity contribution in [1.82, 2.24) is 0 Å². The van der Waals surface area contributed by atoms with Crippen LogP contribution in [0.4, 0.5) is 0 Å². The van der Waals surface area contributed by atoms with Crippen molar-refractivity contribution in [2.45, 2.75) is 58.3 Å². The average Bonchev–Trinajstić information content (AvgIpc) is 2.49. The highest BCUT2D eigenvalue weighted by Gasteiger charge is 2.25. The van der Waals surface area contributed by atoms with Crippen LogP contribution in [0.15, 0.2) is 12.2 Å². The van der Waals surface area contributed by atoms with Crippen LogP contribution >= 0.6 is 0 Å². The maximum absolute atomic E-state index is 10.7. The maximum atomic E-state index is 10.7. The topological polar surface area (TPSA) is 97.7 Å². The molecule has 0 amide bonds. The van der Waals surface area contributed by atoms with Crippen molar-refractivity contribution < 1.29 is 29.4 Å². The maximum Gasteiger partial charge on any atom is 0.303 e. The minimum atomic E-state index is -1.09. The Morgan fingerprint density at radius 3 is 2.09 bits per heavy atom. The molecular weight excluding hydrogens is 298 g/mol. The summed E-state index contributed by atoms with van der Waals surface area (Å²) < 4.78 is 0.363. The third-order valence-corrected chi connectivity index (χ3v) is 3.96. The van der Waals surface area contributed by atoms with E-state index in [-0.39, 0.29) is 19.6 Å². The second-order valence-electron chi connectivity index (χ2n) is 6.03.